The number of hydrogen-bond acceptors (Lipinski definition) is 8. The average molecular weight is 915 g/mol. The smallest absolute Gasteiger partial charge is 0.870 e. The summed E-state index contributed by atoms with van der Waals surface area (Å²) >= 11 is 0. The number of rotatable bonds is 16. The number of methoxy groups -OCH3 is 1. The van der Waals surface area contributed by atoms with Gasteiger partial charge in [0.15, 0.2) is 0 Å². The molecule has 2 saturated heterocycles. The van der Waals surface area contributed by atoms with Gasteiger partial charge in [-0.2, -0.15) is 0 Å². The van der Waals surface area contributed by atoms with Gasteiger partial charge in [-0.25, -0.2) is 9.59 Å². The van der Waals surface area contributed by atoms with Gasteiger partial charge in [0, 0.05) is 24.9 Å². The van der Waals surface area contributed by atoms with Gasteiger partial charge in [0.05, 0.1) is 45.4 Å². The van der Waals surface area contributed by atoms with E-state index in [0.717, 1.165) is 33.4 Å². The van der Waals surface area contributed by atoms with Crippen LogP contribution >= 0.6 is 0 Å². The topological polar surface area (TPSA) is 184 Å². The third-order valence-electron chi connectivity index (χ3n) is 12.1. The van der Waals surface area contributed by atoms with E-state index in [-0.39, 0.29) is 59.4 Å². The number of carboxylic acids is 1. The summed E-state index contributed by atoms with van der Waals surface area (Å²) in [5.41, 5.74) is 5.69. The number of esters is 1. The van der Waals surface area contributed by atoms with E-state index in [4.69, 9.17) is 14.2 Å². The molecule has 4 atom stereocenters. The summed E-state index contributed by atoms with van der Waals surface area (Å²) in [4.78, 5) is 55.5. The molecule has 0 aliphatic carbocycles. The first-order valence-corrected chi connectivity index (χ1v) is 22.1. The molecule has 0 saturated carbocycles. The second-order valence-corrected chi connectivity index (χ2v) is 16.6. The number of aliphatic carboxylic acids is 1. The summed E-state index contributed by atoms with van der Waals surface area (Å²) in [5, 5.41) is 9.84. The molecule has 12 nitrogen and oxygen atoms in total. The van der Waals surface area contributed by atoms with E-state index in [1.807, 2.05) is 182 Å². The van der Waals surface area contributed by atoms with Gasteiger partial charge < -0.3 is 40.1 Å². The number of likely N-dealkylation sites (tertiary alicyclic amines) is 2. The second kappa shape index (κ2) is 27.5. The van der Waals surface area contributed by atoms with Crippen molar-refractivity contribution in [1.82, 2.24) is 9.80 Å². The van der Waals surface area contributed by atoms with Crippen LogP contribution in [0, 0.1) is 11.8 Å². The minimum absolute atomic E-state index is 0. The number of carbonyl (C=O) groups is 4. The van der Waals surface area contributed by atoms with E-state index < -0.39 is 29.9 Å². The summed E-state index contributed by atoms with van der Waals surface area (Å²) < 4.78 is 16.8. The van der Waals surface area contributed by atoms with E-state index in [1.165, 1.54) is 12.0 Å². The van der Waals surface area contributed by atoms with Crippen LogP contribution in [0.25, 0.3) is 0 Å². The van der Waals surface area contributed by atoms with Gasteiger partial charge >= 0.3 is 30.8 Å². The second-order valence-electron chi connectivity index (χ2n) is 16.6. The fourth-order valence-corrected chi connectivity index (χ4v) is 8.87. The third kappa shape index (κ3) is 14.3. The first-order chi connectivity index (χ1) is 31.8. The van der Waals surface area contributed by atoms with Crippen LogP contribution in [0.1, 0.15) is 58.1 Å². The fourth-order valence-electron chi connectivity index (χ4n) is 8.87. The quantitative estimate of drug-likeness (QED) is 0.106. The zero-order valence-corrected chi connectivity index (χ0v) is 38.6. The van der Waals surface area contributed by atoms with E-state index >= 15 is 0 Å². The molecule has 8 rings (SSSR count). The number of nitrogens with zero attached hydrogens (tertiary/aromatic N) is 2. The summed E-state index contributed by atoms with van der Waals surface area (Å²) in [7, 11) is 1.37. The largest absolute Gasteiger partial charge is 1.00 e. The Hall–Kier alpha value is -6.36. The molecule has 6 aromatic rings. The van der Waals surface area contributed by atoms with Gasteiger partial charge in [0.25, 0.3) is 0 Å². The number of ether oxygens (including phenoxy) is 3. The third-order valence-corrected chi connectivity index (χ3v) is 12.1. The van der Waals surface area contributed by atoms with Gasteiger partial charge in [-0.1, -0.05) is 182 Å². The standard InChI is InChI=1S/C28H29NO4.C27H27NO4.Li.2H2O/c1-32-28(31)25-17-22(20-33-19-21-11-5-2-6-12-21)18-29(25)27(30)26(23-13-7-3-8-14-23)24-15-9-4-10-16-24;29-26(25(22-12-6-2-7-13-22)23-14-8-3-9-15-23)28-17-21(16-24(28)27(30)31)19-32-18-20-10-4-1-5-11-20;;;/h2-16,22,25-26H,17-20H2,1H3;1-15,21,24-25H,16-19H2,(H,30,31);;2*1H2/q;;+1;;/p-1/t22-,25-;21-,24-;;;/m00.../s1. The zero-order chi connectivity index (χ0) is 45.4. The van der Waals surface area contributed by atoms with Gasteiger partial charge in [0.2, 0.25) is 11.8 Å². The monoisotopic (exact) mass is 914 g/mol. The Morgan fingerprint density at radius 2 is 0.809 bits per heavy atom. The zero-order valence-electron chi connectivity index (χ0n) is 38.6. The van der Waals surface area contributed by atoms with Crippen LogP contribution in [0.4, 0.5) is 0 Å². The van der Waals surface area contributed by atoms with Crippen LogP contribution in [0.2, 0.25) is 0 Å². The summed E-state index contributed by atoms with van der Waals surface area (Å²) in [6.07, 6.45) is 0.926. The number of amides is 2. The molecule has 0 aromatic heterocycles. The van der Waals surface area contributed by atoms with Crippen molar-refractivity contribution < 1.29 is 68.3 Å². The SMILES string of the molecule is COC(=O)[C@@H]1C[C@H](COCc2ccccc2)CN1C(=O)C(c1ccccc1)c1ccccc1.O.O=C(O)[C@@H]1C[C@H](COCc2ccccc2)CN1C(=O)C(c1ccccc1)c1ccccc1.[Li+].[OH-]. The molecule has 2 amide bonds. The minimum atomic E-state index is -0.969. The molecule has 2 fully saturated rings. The Bertz CT molecular complexity index is 2340. The molecule has 0 spiro atoms. The van der Waals surface area contributed by atoms with E-state index in [9.17, 15) is 24.3 Å². The Kier molecular flexibility index (Phi) is 21.9. The molecule has 350 valence electrons. The molecular formula is C55H59LiN2O10. The van der Waals surface area contributed by atoms with Crippen molar-refractivity contribution in [3.05, 3.63) is 215 Å². The first-order valence-electron chi connectivity index (χ1n) is 22.1. The molecule has 13 heteroatoms. The van der Waals surface area contributed by atoms with Crippen molar-refractivity contribution in [3.63, 3.8) is 0 Å². The Morgan fingerprint density at radius 1 is 0.515 bits per heavy atom. The van der Waals surface area contributed by atoms with Crippen molar-refractivity contribution >= 4 is 23.8 Å². The average Bonchev–Trinajstić information content (AvgIpc) is 3.99. The van der Waals surface area contributed by atoms with Gasteiger partial charge in [-0.05, 0) is 46.2 Å². The van der Waals surface area contributed by atoms with Crippen LogP contribution < -0.4 is 18.9 Å². The molecule has 2 heterocycles. The predicted octanol–water partition coefficient (Wildman–Crippen LogP) is 4.76. The molecule has 2 aliphatic rings. The Labute approximate surface area is 410 Å². The van der Waals surface area contributed by atoms with Gasteiger partial charge in [0.1, 0.15) is 12.1 Å². The van der Waals surface area contributed by atoms with Crippen molar-refractivity contribution in [2.24, 2.45) is 11.8 Å². The number of benzene rings is 6. The molecule has 0 bridgehead atoms. The van der Waals surface area contributed by atoms with Crippen LogP contribution in [0.15, 0.2) is 182 Å². The van der Waals surface area contributed by atoms with Crippen LogP contribution in [0.3, 0.4) is 0 Å². The Morgan fingerprint density at radius 3 is 1.12 bits per heavy atom. The van der Waals surface area contributed by atoms with Gasteiger partial charge in [-0.15, -0.1) is 0 Å². The Balaban J connectivity index is 0.000000284. The molecule has 0 radical (unpaired) electrons. The summed E-state index contributed by atoms with van der Waals surface area (Å²) in [6, 6.07) is 56.9. The molecule has 4 N–H and O–H groups in total. The summed E-state index contributed by atoms with van der Waals surface area (Å²) in [5.74, 6) is -2.59. The van der Waals surface area contributed by atoms with E-state index in [2.05, 4.69) is 0 Å². The van der Waals surface area contributed by atoms with Crippen LogP contribution in [-0.4, -0.2) is 95.1 Å². The normalized spacial score (nSPS) is 17.2. The van der Waals surface area contributed by atoms with Crippen molar-refractivity contribution in [1.29, 1.82) is 0 Å². The molecule has 68 heavy (non-hydrogen) atoms. The number of hydrogen-bond donors (Lipinski definition) is 1. The molecule has 6 aromatic carbocycles. The maximum absolute atomic E-state index is 13.9. The van der Waals surface area contributed by atoms with Gasteiger partial charge in [-0.3, -0.25) is 9.59 Å². The fraction of sp³-hybridized carbons (Fsp3) is 0.273. The van der Waals surface area contributed by atoms with Crippen LogP contribution in [-0.2, 0) is 46.6 Å². The van der Waals surface area contributed by atoms with Crippen molar-refractivity contribution in [2.45, 2.75) is 50.0 Å². The molecule has 2 aliphatic heterocycles. The maximum atomic E-state index is 13.9. The van der Waals surface area contributed by atoms with E-state index in [1.54, 1.807) is 4.90 Å². The maximum Gasteiger partial charge on any atom is 1.00 e. The minimum Gasteiger partial charge on any atom is -0.870 e. The van der Waals surface area contributed by atoms with Crippen molar-refractivity contribution in [3.8, 4) is 0 Å². The van der Waals surface area contributed by atoms with Crippen molar-refractivity contribution in [2.75, 3.05) is 33.4 Å². The van der Waals surface area contributed by atoms with Crippen LogP contribution in [0.5, 0.6) is 0 Å². The number of carbonyl (C=O) groups excluding carboxylic acids is 3. The summed E-state index contributed by atoms with van der Waals surface area (Å²) in [6.45, 7) is 2.71. The molecule has 0 unspecified atom stereocenters. The number of carboxylic acid groups (broad SMARTS) is 1. The first kappa shape index (κ1) is 54.2. The predicted molar refractivity (Wildman–Crippen MR) is 254 cm³/mol. The molecular weight excluding hydrogens is 856 g/mol. The van der Waals surface area contributed by atoms with E-state index in [0.29, 0.717) is 52.4 Å².